The van der Waals surface area contributed by atoms with Crippen LogP contribution in [0, 0.1) is 0 Å². The van der Waals surface area contributed by atoms with Gasteiger partial charge < -0.3 is 0 Å². The Kier molecular flexibility index (Phi) is 6.83. The van der Waals surface area contributed by atoms with Crippen LogP contribution in [-0.4, -0.2) is 39.0 Å². The Hall–Kier alpha value is -0.470. The quantitative estimate of drug-likeness (QED) is 0.798. The second kappa shape index (κ2) is 8.40. The van der Waals surface area contributed by atoms with Crippen molar-refractivity contribution < 1.29 is 8.42 Å². The SMILES string of the molecule is CC(C)NS(=O)(=O)NCC(c1cccs1)N1CCCCCC1. The van der Waals surface area contributed by atoms with E-state index < -0.39 is 10.2 Å². The Balaban J connectivity index is 2.05. The minimum absolute atomic E-state index is 0.101. The molecule has 0 aromatic carbocycles. The molecule has 1 saturated heterocycles. The zero-order valence-corrected chi connectivity index (χ0v) is 15.0. The Morgan fingerprint density at radius 2 is 1.91 bits per heavy atom. The zero-order valence-electron chi connectivity index (χ0n) is 13.4. The fourth-order valence-corrected chi connectivity index (χ4v) is 4.78. The molecule has 7 heteroatoms. The maximum absolute atomic E-state index is 12.0. The van der Waals surface area contributed by atoms with Crippen molar-refractivity contribution in [2.45, 2.75) is 51.6 Å². The number of nitrogens with one attached hydrogen (secondary N) is 2. The zero-order chi connectivity index (χ0) is 16.0. The van der Waals surface area contributed by atoms with E-state index >= 15 is 0 Å². The molecular weight excluding hydrogens is 318 g/mol. The molecule has 1 atom stereocenters. The van der Waals surface area contributed by atoms with Gasteiger partial charge in [0.15, 0.2) is 0 Å². The van der Waals surface area contributed by atoms with E-state index in [1.165, 1.54) is 30.6 Å². The van der Waals surface area contributed by atoms with Gasteiger partial charge in [-0.1, -0.05) is 18.9 Å². The third-order valence-corrected chi connectivity index (χ3v) is 6.11. The summed E-state index contributed by atoms with van der Waals surface area (Å²) in [6, 6.07) is 4.16. The highest BCUT2D eigenvalue weighted by molar-refractivity contribution is 7.87. The lowest BCUT2D eigenvalue weighted by atomic mass is 10.2. The van der Waals surface area contributed by atoms with Crippen LogP contribution >= 0.6 is 11.3 Å². The smallest absolute Gasteiger partial charge is 0.277 e. The Labute approximate surface area is 138 Å². The van der Waals surface area contributed by atoms with Gasteiger partial charge in [-0.15, -0.1) is 11.3 Å². The molecule has 1 aliphatic heterocycles. The van der Waals surface area contributed by atoms with Crippen LogP contribution in [0.2, 0.25) is 0 Å². The van der Waals surface area contributed by atoms with E-state index in [-0.39, 0.29) is 12.1 Å². The molecule has 2 heterocycles. The van der Waals surface area contributed by atoms with Gasteiger partial charge in [0.1, 0.15) is 0 Å². The van der Waals surface area contributed by atoms with Crippen LogP contribution in [0.5, 0.6) is 0 Å². The van der Waals surface area contributed by atoms with Crippen LogP contribution in [0.15, 0.2) is 17.5 Å². The van der Waals surface area contributed by atoms with Crippen LogP contribution in [0.4, 0.5) is 0 Å². The molecule has 0 bridgehead atoms. The van der Waals surface area contributed by atoms with Crippen molar-refractivity contribution in [3.8, 4) is 0 Å². The molecule has 0 spiro atoms. The van der Waals surface area contributed by atoms with Crippen LogP contribution in [-0.2, 0) is 10.2 Å². The summed E-state index contributed by atoms with van der Waals surface area (Å²) in [7, 11) is -3.44. The second-order valence-corrected chi connectivity index (χ2v) is 8.62. The summed E-state index contributed by atoms with van der Waals surface area (Å²) in [5.41, 5.74) is 0. The van der Waals surface area contributed by atoms with Gasteiger partial charge >= 0.3 is 0 Å². The standard InChI is InChI=1S/C15H27N3O2S2/c1-13(2)17-22(19,20)16-12-14(15-8-7-11-21-15)18-9-5-3-4-6-10-18/h7-8,11,13-14,16-17H,3-6,9-10,12H2,1-2H3. The highest BCUT2D eigenvalue weighted by Crippen LogP contribution is 2.27. The highest BCUT2D eigenvalue weighted by Gasteiger charge is 2.24. The predicted octanol–water partition coefficient (Wildman–Crippen LogP) is 2.50. The van der Waals surface area contributed by atoms with Crippen molar-refractivity contribution in [2.75, 3.05) is 19.6 Å². The number of nitrogens with zero attached hydrogens (tertiary/aromatic N) is 1. The summed E-state index contributed by atoms with van der Waals surface area (Å²) in [6.07, 6.45) is 4.93. The molecule has 5 nitrogen and oxygen atoms in total. The van der Waals surface area contributed by atoms with Gasteiger partial charge in [-0.25, -0.2) is 4.72 Å². The Morgan fingerprint density at radius 1 is 1.23 bits per heavy atom. The lowest BCUT2D eigenvalue weighted by molar-refractivity contribution is 0.209. The third kappa shape index (κ3) is 5.62. The first-order chi connectivity index (χ1) is 10.5. The van der Waals surface area contributed by atoms with Crippen molar-refractivity contribution in [3.63, 3.8) is 0 Å². The maximum Gasteiger partial charge on any atom is 0.277 e. The molecule has 126 valence electrons. The molecular formula is C15H27N3O2S2. The van der Waals surface area contributed by atoms with Gasteiger partial charge in [0.2, 0.25) is 0 Å². The summed E-state index contributed by atoms with van der Waals surface area (Å²) in [6.45, 7) is 6.15. The third-order valence-electron chi connectivity index (χ3n) is 3.81. The van der Waals surface area contributed by atoms with Crippen molar-refractivity contribution in [2.24, 2.45) is 0 Å². The normalized spacial score (nSPS) is 19.2. The molecule has 22 heavy (non-hydrogen) atoms. The van der Waals surface area contributed by atoms with E-state index in [2.05, 4.69) is 25.8 Å². The Morgan fingerprint density at radius 3 is 2.45 bits per heavy atom. The fourth-order valence-electron chi connectivity index (χ4n) is 2.84. The first-order valence-corrected chi connectivity index (χ1v) is 10.4. The lowest BCUT2D eigenvalue weighted by Crippen LogP contribution is -2.44. The lowest BCUT2D eigenvalue weighted by Gasteiger charge is -2.30. The minimum Gasteiger partial charge on any atom is -0.294 e. The van der Waals surface area contributed by atoms with Crippen LogP contribution in [0.3, 0.4) is 0 Å². The molecule has 1 unspecified atom stereocenters. The van der Waals surface area contributed by atoms with E-state index in [9.17, 15) is 8.42 Å². The van der Waals surface area contributed by atoms with Gasteiger partial charge in [-0.3, -0.25) is 4.90 Å². The molecule has 0 aliphatic carbocycles. The predicted molar refractivity (Wildman–Crippen MR) is 92.3 cm³/mol. The van der Waals surface area contributed by atoms with Crippen LogP contribution in [0.25, 0.3) is 0 Å². The van der Waals surface area contributed by atoms with E-state index in [0.717, 1.165) is 13.1 Å². The minimum atomic E-state index is -3.44. The van der Waals surface area contributed by atoms with Gasteiger partial charge in [-0.05, 0) is 51.2 Å². The van der Waals surface area contributed by atoms with Gasteiger partial charge in [0, 0.05) is 17.5 Å². The van der Waals surface area contributed by atoms with E-state index in [1.807, 2.05) is 19.9 Å². The Bertz CT molecular complexity index is 521. The average molecular weight is 346 g/mol. The summed E-state index contributed by atoms with van der Waals surface area (Å²) < 4.78 is 29.4. The molecule has 2 N–H and O–H groups in total. The monoisotopic (exact) mass is 345 g/mol. The first kappa shape index (κ1) is 17.9. The molecule has 1 aromatic heterocycles. The topological polar surface area (TPSA) is 61.4 Å². The number of rotatable bonds is 7. The molecule has 0 saturated carbocycles. The van der Waals surface area contributed by atoms with Crippen molar-refractivity contribution in [3.05, 3.63) is 22.4 Å². The van der Waals surface area contributed by atoms with E-state index in [1.54, 1.807) is 11.3 Å². The van der Waals surface area contributed by atoms with E-state index in [0.29, 0.717) is 6.54 Å². The maximum atomic E-state index is 12.0. The summed E-state index contributed by atoms with van der Waals surface area (Å²) in [4.78, 5) is 3.66. The largest absolute Gasteiger partial charge is 0.294 e. The fraction of sp³-hybridized carbons (Fsp3) is 0.733. The summed E-state index contributed by atoms with van der Waals surface area (Å²) in [5.74, 6) is 0. The van der Waals surface area contributed by atoms with Crippen LogP contribution < -0.4 is 9.44 Å². The van der Waals surface area contributed by atoms with Gasteiger partial charge in [0.25, 0.3) is 10.2 Å². The molecule has 1 fully saturated rings. The van der Waals surface area contributed by atoms with Crippen LogP contribution in [0.1, 0.15) is 50.4 Å². The number of thiophene rings is 1. The molecule has 0 radical (unpaired) electrons. The van der Waals surface area contributed by atoms with Gasteiger partial charge in [-0.2, -0.15) is 13.1 Å². The summed E-state index contributed by atoms with van der Waals surface area (Å²) in [5, 5.41) is 2.06. The van der Waals surface area contributed by atoms with Crippen molar-refractivity contribution in [1.82, 2.24) is 14.3 Å². The number of likely N-dealkylation sites (tertiary alicyclic amines) is 1. The summed E-state index contributed by atoms with van der Waals surface area (Å²) >= 11 is 1.70. The van der Waals surface area contributed by atoms with Gasteiger partial charge in [0.05, 0.1) is 6.04 Å². The number of hydrogen-bond donors (Lipinski definition) is 2. The van der Waals surface area contributed by atoms with Crippen molar-refractivity contribution >= 4 is 21.5 Å². The molecule has 1 aliphatic rings. The molecule has 2 rings (SSSR count). The second-order valence-electron chi connectivity index (χ2n) is 6.11. The molecule has 1 aromatic rings. The first-order valence-electron chi connectivity index (χ1n) is 8.02. The van der Waals surface area contributed by atoms with Crippen molar-refractivity contribution in [1.29, 1.82) is 0 Å². The average Bonchev–Trinajstić information content (AvgIpc) is 2.81. The number of hydrogen-bond acceptors (Lipinski definition) is 4. The van der Waals surface area contributed by atoms with E-state index in [4.69, 9.17) is 0 Å². The highest BCUT2D eigenvalue weighted by atomic mass is 32.2. The molecule has 0 amide bonds.